The number of allylic oxidation sites excluding steroid dienone is 7. The average molecular weight is 555 g/mol. The van der Waals surface area contributed by atoms with Crippen LogP contribution in [0.2, 0.25) is 0 Å². The maximum atomic E-state index is 4.77. The fraction of sp³-hybridized carbons (Fsp3) is 0.0976. The third-order valence-electron chi connectivity index (χ3n) is 8.54. The minimum absolute atomic E-state index is 0.244. The van der Waals surface area contributed by atoms with Crippen LogP contribution in [0.3, 0.4) is 0 Å². The molecule has 208 valence electrons. The van der Waals surface area contributed by atoms with E-state index in [1.807, 2.05) is 12.3 Å². The Balaban J connectivity index is 1.33. The molecule has 2 heteroatoms. The van der Waals surface area contributed by atoms with Crippen LogP contribution >= 0.6 is 0 Å². The van der Waals surface area contributed by atoms with E-state index < -0.39 is 0 Å². The van der Waals surface area contributed by atoms with E-state index in [4.69, 9.17) is 4.98 Å². The zero-order valence-electron chi connectivity index (χ0n) is 24.4. The molecular formula is C41H34N2. The van der Waals surface area contributed by atoms with Crippen molar-refractivity contribution in [3.8, 4) is 11.1 Å². The molecule has 1 N–H and O–H groups in total. The highest BCUT2D eigenvalue weighted by atomic mass is 14.9. The Bertz CT molecular complexity index is 1980. The van der Waals surface area contributed by atoms with Crippen LogP contribution in [-0.4, -0.2) is 11.5 Å². The Labute approximate surface area is 253 Å². The predicted octanol–water partition coefficient (Wildman–Crippen LogP) is 10.4. The molecule has 7 rings (SSSR count). The van der Waals surface area contributed by atoms with Gasteiger partial charge in [-0.1, -0.05) is 116 Å². The zero-order valence-corrected chi connectivity index (χ0v) is 24.4. The van der Waals surface area contributed by atoms with Crippen LogP contribution in [-0.2, 0) is 0 Å². The van der Waals surface area contributed by atoms with E-state index in [1.165, 1.54) is 54.9 Å². The van der Waals surface area contributed by atoms with Gasteiger partial charge in [0.25, 0.3) is 0 Å². The fourth-order valence-electron chi connectivity index (χ4n) is 6.49. The van der Waals surface area contributed by atoms with Crippen molar-refractivity contribution < 1.29 is 0 Å². The van der Waals surface area contributed by atoms with Crippen molar-refractivity contribution >= 4 is 45.0 Å². The molecule has 4 aromatic carbocycles. The third-order valence-corrected chi connectivity index (χ3v) is 8.54. The first kappa shape index (κ1) is 26.7. The highest BCUT2D eigenvalue weighted by Crippen LogP contribution is 2.44. The van der Waals surface area contributed by atoms with Gasteiger partial charge in [0.05, 0.1) is 0 Å². The van der Waals surface area contributed by atoms with Gasteiger partial charge >= 0.3 is 0 Å². The molecule has 0 fully saturated rings. The number of aromatic nitrogens is 1. The minimum atomic E-state index is 0.244. The monoisotopic (exact) mass is 554 g/mol. The maximum Gasteiger partial charge on any atom is 0.0482 e. The summed E-state index contributed by atoms with van der Waals surface area (Å²) in [5.74, 6) is 0.244. The molecule has 0 radical (unpaired) electrons. The highest BCUT2D eigenvalue weighted by Gasteiger charge is 2.20. The Morgan fingerprint density at radius 1 is 0.837 bits per heavy atom. The number of fused-ring (bicyclic) bond motifs is 2. The van der Waals surface area contributed by atoms with E-state index >= 15 is 0 Å². The van der Waals surface area contributed by atoms with E-state index in [0.29, 0.717) is 0 Å². The second-order valence-electron chi connectivity index (χ2n) is 11.1. The summed E-state index contributed by atoms with van der Waals surface area (Å²) in [6, 6.07) is 28.7. The second kappa shape index (κ2) is 11.6. The number of nitrogens with zero attached hydrogens (tertiary/aromatic N) is 1. The molecular weight excluding hydrogens is 520 g/mol. The number of rotatable bonds is 6. The fourth-order valence-corrected chi connectivity index (χ4v) is 6.49. The Hall–Kier alpha value is -5.21. The standard InChI is InChI=1S/C41H34N2/c1-3-11-31-26-33(22-17-28(31)4-2)41-36-14-7-5-12-34(36)40(35-13-6-8-15-37(35)41)30-20-18-29(19-21-30)39-27-32(23-25-43-39)38-16-9-10-24-42-38/h3-18,20-23,25-27,29,42H,2,19,24H2,1H3/b11-3-. The normalized spacial score (nSPS) is 16.3. The lowest BCUT2D eigenvalue weighted by Gasteiger charge is -2.22. The van der Waals surface area contributed by atoms with Crippen molar-refractivity contribution in [1.29, 1.82) is 0 Å². The smallest absolute Gasteiger partial charge is 0.0482 e. The van der Waals surface area contributed by atoms with Crippen LogP contribution in [0.25, 0.3) is 56.1 Å². The van der Waals surface area contributed by atoms with E-state index in [9.17, 15) is 0 Å². The molecule has 1 aromatic heterocycles. The lowest BCUT2D eigenvalue weighted by molar-refractivity contribution is 0.816. The third kappa shape index (κ3) is 4.96. The molecule has 1 atom stereocenters. The number of pyridine rings is 1. The number of nitrogens with one attached hydrogen (secondary N) is 1. The van der Waals surface area contributed by atoms with Gasteiger partial charge < -0.3 is 5.32 Å². The molecule has 1 unspecified atom stereocenters. The van der Waals surface area contributed by atoms with Crippen LogP contribution in [0.5, 0.6) is 0 Å². The van der Waals surface area contributed by atoms with Gasteiger partial charge in [0.2, 0.25) is 0 Å². The molecule has 2 aliphatic rings. The largest absolute Gasteiger partial charge is 0.381 e. The van der Waals surface area contributed by atoms with Gasteiger partial charge in [-0.05, 0) is 92.6 Å². The predicted molar refractivity (Wildman–Crippen MR) is 186 cm³/mol. The first-order chi connectivity index (χ1) is 21.2. The van der Waals surface area contributed by atoms with Gasteiger partial charge in [0, 0.05) is 35.6 Å². The van der Waals surface area contributed by atoms with Crippen molar-refractivity contribution in [2.75, 3.05) is 6.54 Å². The summed E-state index contributed by atoms with van der Waals surface area (Å²) in [5.41, 5.74) is 10.8. The summed E-state index contributed by atoms with van der Waals surface area (Å²) in [5, 5.41) is 8.55. The minimum Gasteiger partial charge on any atom is -0.381 e. The molecule has 0 amide bonds. The van der Waals surface area contributed by atoms with Crippen LogP contribution < -0.4 is 5.32 Å². The quantitative estimate of drug-likeness (QED) is 0.211. The summed E-state index contributed by atoms with van der Waals surface area (Å²) < 4.78 is 0. The van der Waals surface area contributed by atoms with Crippen LogP contribution in [0.15, 0.2) is 134 Å². The summed E-state index contributed by atoms with van der Waals surface area (Å²) in [4.78, 5) is 4.77. The zero-order chi connectivity index (χ0) is 29.2. The molecule has 0 bridgehead atoms. The van der Waals surface area contributed by atoms with Gasteiger partial charge in [0.15, 0.2) is 0 Å². The van der Waals surface area contributed by atoms with E-state index in [1.54, 1.807) is 0 Å². The molecule has 1 aliphatic heterocycles. The number of hydrogen-bond acceptors (Lipinski definition) is 2. The van der Waals surface area contributed by atoms with Gasteiger partial charge in [-0.2, -0.15) is 0 Å². The summed E-state index contributed by atoms with van der Waals surface area (Å²) in [7, 11) is 0. The molecule has 0 saturated heterocycles. The molecule has 0 saturated carbocycles. The lowest BCUT2D eigenvalue weighted by Crippen LogP contribution is -2.14. The maximum absolute atomic E-state index is 4.77. The first-order valence-electron chi connectivity index (χ1n) is 15.0. The van der Waals surface area contributed by atoms with Crippen molar-refractivity contribution in [1.82, 2.24) is 10.3 Å². The molecule has 1 aliphatic carbocycles. The molecule has 2 heterocycles. The second-order valence-corrected chi connectivity index (χ2v) is 11.1. The Morgan fingerprint density at radius 2 is 1.58 bits per heavy atom. The highest BCUT2D eigenvalue weighted by molar-refractivity contribution is 6.19. The lowest BCUT2D eigenvalue weighted by atomic mass is 9.83. The molecule has 43 heavy (non-hydrogen) atoms. The topological polar surface area (TPSA) is 24.9 Å². The molecule has 0 spiro atoms. The average Bonchev–Trinajstić information content (AvgIpc) is 3.08. The first-order valence-corrected chi connectivity index (χ1v) is 15.0. The van der Waals surface area contributed by atoms with Gasteiger partial charge in [-0.3, -0.25) is 4.98 Å². The van der Waals surface area contributed by atoms with Crippen molar-refractivity contribution in [3.63, 3.8) is 0 Å². The van der Waals surface area contributed by atoms with Crippen LogP contribution in [0.4, 0.5) is 0 Å². The molecule has 2 nitrogen and oxygen atoms in total. The van der Waals surface area contributed by atoms with E-state index in [0.717, 1.165) is 29.9 Å². The Morgan fingerprint density at radius 3 is 2.21 bits per heavy atom. The van der Waals surface area contributed by atoms with Crippen molar-refractivity contribution in [2.45, 2.75) is 19.3 Å². The number of dihydropyridines is 1. The number of hydrogen-bond donors (Lipinski definition) is 1. The van der Waals surface area contributed by atoms with Gasteiger partial charge in [0.1, 0.15) is 0 Å². The Kier molecular flexibility index (Phi) is 7.18. The van der Waals surface area contributed by atoms with Gasteiger partial charge in [-0.25, -0.2) is 0 Å². The SMILES string of the molecule is C=Cc1ccc(-c2c3ccccc3c(C3=CCC(c4cc(C5=CC=CCN5)ccn4)C=C3)c3ccccc23)cc1/C=C\C. The summed E-state index contributed by atoms with van der Waals surface area (Å²) in [6.45, 7) is 6.95. The van der Waals surface area contributed by atoms with Crippen LogP contribution in [0, 0.1) is 0 Å². The summed E-state index contributed by atoms with van der Waals surface area (Å²) in [6.07, 6.45) is 22.4. The van der Waals surface area contributed by atoms with Crippen molar-refractivity contribution in [3.05, 3.63) is 162 Å². The van der Waals surface area contributed by atoms with E-state index in [2.05, 4.69) is 146 Å². The van der Waals surface area contributed by atoms with Crippen molar-refractivity contribution in [2.24, 2.45) is 0 Å². The van der Waals surface area contributed by atoms with Crippen LogP contribution in [0.1, 0.15) is 47.2 Å². The molecule has 5 aromatic rings. The van der Waals surface area contributed by atoms with E-state index in [-0.39, 0.29) is 5.92 Å². The van der Waals surface area contributed by atoms with Gasteiger partial charge in [-0.15, -0.1) is 0 Å². The summed E-state index contributed by atoms with van der Waals surface area (Å²) >= 11 is 0. The number of benzene rings is 4.